The molecule has 0 radical (unpaired) electrons. The lowest BCUT2D eigenvalue weighted by molar-refractivity contribution is -0.395. The van der Waals surface area contributed by atoms with Crippen molar-refractivity contribution in [2.24, 2.45) is 0 Å². The molecule has 3 amide bonds. The van der Waals surface area contributed by atoms with Crippen LogP contribution in [0.4, 0.5) is 0 Å². The van der Waals surface area contributed by atoms with Gasteiger partial charge in [0.15, 0.2) is 62.9 Å². The molecule has 684 valence electrons. The van der Waals surface area contributed by atoms with Crippen LogP contribution >= 0.6 is 0 Å². The van der Waals surface area contributed by atoms with Gasteiger partial charge in [-0.3, -0.25) is 14.4 Å². The topological polar surface area (TPSA) is 809 Å². The summed E-state index contributed by atoms with van der Waals surface area (Å²) in [4.78, 5) is 40.1. The molecule has 118 heavy (non-hydrogen) atoms. The largest absolute Gasteiger partial charge is 0.394 e. The lowest BCUT2D eigenvalue weighted by Crippen LogP contribution is -2.71. The Morgan fingerprint density at radius 3 is 0.890 bits per heavy atom. The average molecular weight is 1730 g/mol. The average Bonchev–Trinajstić information content (AvgIpc) is 0.767. The van der Waals surface area contributed by atoms with Gasteiger partial charge in [0.25, 0.3) is 0 Å². The van der Waals surface area contributed by atoms with Crippen molar-refractivity contribution < 1.29 is 242 Å². The molecule has 50 atom stereocenters. The van der Waals surface area contributed by atoms with Gasteiger partial charge in [0.1, 0.15) is 232 Å². The van der Waals surface area contributed by atoms with Crippen LogP contribution < -0.4 is 16.0 Å². The van der Waals surface area contributed by atoms with E-state index in [1.54, 1.807) is 0 Å². The molecule has 10 aliphatic rings. The highest BCUT2D eigenvalue weighted by Gasteiger charge is 2.62. The van der Waals surface area contributed by atoms with Crippen molar-refractivity contribution in [3.63, 3.8) is 0 Å². The number of hydrogen-bond donors (Lipinski definition) is 30. The number of carbonyl (C=O) groups is 3. The molecule has 0 aromatic carbocycles. The maximum atomic E-state index is 13.7. The van der Waals surface area contributed by atoms with Crippen molar-refractivity contribution in [2.75, 3.05) is 52.9 Å². The van der Waals surface area contributed by atoms with Gasteiger partial charge in [-0.05, 0) is 13.8 Å². The molecule has 2 unspecified atom stereocenters. The maximum absolute atomic E-state index is 13.7. The zero-order valence-corrected chi connectivity index (χ0v) is 63.6. The van der Waals surface area contributed by atoms with Gasteiger partial charge < -0.3 is 244 Å². The number of amides is 3. The van der Waals surface area contributed by atoms with Crippen LogP contribution in [0.3, 0.4) is 0 Å². The SMILES string of the molecule is CC(=O)N[C@H]1[C@H](OC[C@H]2O[C@@H](O[C@H]3[C@H](O)[C@@H](O)C(O)O[C@@H]3CO)[C@H](O)[C@@H](O[C@@H]3O[C@H](CO)[C@@H](O[C@@H]4O[C@H](CO)[C@H](O)[C@H](O)[C@H]4O)[C@H](O[C@@H]4O[C@@H](C)[C@@H](O)[C@@H](O)[C@@H]4O)[C@H]3NC(C)=O)[C@H]2O)O[C@H](CO)[C@@H](OC2O[C@H](CO)[C@H](O)[C@H](O[C@@H]3O[C@H](CO)[C@@H](O)[C@H](O[C@@H]4O[C@H](CO)[C@H](O)[C@H](O)[C@H]4O)[C@H]3NC(C)=O)[C@H]2O)[C@@H]1O[C@@H]1O[C@@H](C)[C@@H](O)[C@@H](O)[C@@H]1O. The highest BCUT2D eigenvalue weighted by Crippen LogP contribution is 2.41. The van der Waals surface area contributed by atoms with Crippen LogP contribution in [0.25, 0.3) is 0 Å². The molecule has 10 heterocycles. The Morgan fingerprint density at radius 2 is 0.500 bits per heavy atom. The highest BCUT2D eigenvalue weighted by atomic mass is 16.8. The van der Waals surface area contributed by atoms with Gasteiger partial charge in [0.05, 0.1) is 65.1 Å². The fourth-order valence-corrected chi connectivity index (χ4v) is 15.4. The third-order valence-electron chi connectivity index (χ3n) is 22.0. The first-order valence-electron chi connectivity index (χ1n) is 37.9. The second-order valence-corrected chi connectivity index (χ2v) is 30.2. The van der Waals surface area contributed by atoms with E-state index < -0.39 is 377 Å². The summed E-state index contributed by atoms with van der Waals surface area (Å²) < 4.78 is 114. The van der Waals surface area contributed by atoms with Crippen LogP contribution in [0.15, 0.2) is 0 Å². The minimum absolute atomic E-state index is 0.917. The zero-order valence-electron chi connectivity index (χ0n) is 63.6. The second kappa shape index (κ2) is 41.8. The number of aliphatic hydroxyl groups excluding tert-OH is 27. The fraction of sp³-hybridized carbons (Fsp3) is 0.955. The van der Waals surface area contributed by atoms with Crippen molar-refractivity contribution in [1.82, 2.24) is 16.0 Å². The fourth-order valence-electron chi connectivity index (χ4n) is 15.4. The first-order chi connectivity index (χ1) is 55.8. The van der Waals surface area contributed by atoms with Gasteiger partial charge >= 0.3 is 0 Å². The van der Waals surface area contributed by atoms with Crippen LogP contribution in [0.5, 0.6) is 0 Å². The Morgan fingerprint density at radius 1 is 0.237 bits per heavy atom. The van der Waals surface area contributed by atoms with Crippen molar-refractivity contribution in [2.45, 2.75) is 341 Å². The van der Waals surface area contributed by atoms with Gasteiger partial charge in [0.2, 0.25) is 17.7 Å². The molecular weight excluding hydrogens is 1620 g/mol. The molecule has 0 aromatic heterocycles. The Labute approximate surface area is 668 Å². The molecule has 0 aromatic rings. The van der Waals surface area contributed by atoms with E-state index in [0.717, 1.165) is 20.8 Å². The first kappa shape index (κ1) is 96.8. The van der Waals surface area contributed by atoms with Crippen LogP contribution in [-0.2, 0) is 104 Å². The molecule has 10 aliphatic heterocycles. The second-order valence-electron chi connectivity index (χ2n) is 30.2. The van der Waals surface area contributed by atoms with Crippen LogP contribution in [-0.4, -0.2) is 515 Å². The van der Waals surface area contributed by atoms with E-state index in [-0.39, 0.29) is 0 Å². The van der Waals surface area contributed by atoms with E-state index in [1.165, 1.54) is 13.8 Å². The molecule has 52 heteroatoms. The lowest BCUT2D eigenvalue weighted by Gasteiger charge is -2.52. The Balaban J connectivity index is 0.992. The van der Waals surface area contributed by atoms with Crippen LogP contribution in [0.1, 0.15) is 34.6 Å². The zero-order chi connectivity index (χ0) is 86.8. The summed E-state index contributed by atoms with van der Waals surface area (Å²) in [6.07, 6.45) is -97.3. The van der Waals surface area contributed by atoms with Crippen molar-refractivity contribution in [1.29, 1.82) is 0 Å². The van der Waals surface area contributed by atoms with E-state index in [4.69, 9.17) is 90.0 Å². The maximum Gasteiger partial charge on any atom is 0.217 e. The molecule has 0 bridgehead atoms. The predicted molar refractivity (Wildman–Crippen MR) is 362 cm³/mol. The lowest BCUT2D eigenvalue weighted by atomic mass is 9.93. The molecule has 0 saturated carbocycles. The minimum atomic E-state index is -2.51. The van der Waals surface area contributed by atoms with Crippen LogP contribution in [0.2, 0.25) is 0 Å². The molecule has 52 nitrogen and oxygen atoms in total. The quantitative estimate of drug-likeness (QED) is 0.0331. The molecule has 10 fully saturated rings. The van der Waals surface area contributed by atoms with Crippen LogP contribution in [0, 0.1) is 0 Å². The molecule has 10 saturated heterocycles. The smallest absolute Gasteiger partial charge is 0.217 e. The van der Waals surface area contributed by atoms with E-state index in [1.807, 2.05) is 0 Å². The summed E-state index contributed by atoms with van der Waals surface area (Å²) in [5.74, 6) is -2.96. The van der Waals surface area contributed by atoms with E-state index in [0.29, 0.717) is 0 Å². The third-order valence-corrected chi connectivity index (χ3v) is 22.0. The van der Waals surface area contributed by atoms with E-state index in [2.05, 4.69) is 16.0 Å². The van der Waals surface area contributed by atoms with Crippen molar-refractivity contribution in [3.8, 4) is 0 Å². The summed E-state index contributed by atoms with van der Waals surface area (Å²) in [5, 5.41) is 306. The number of nitrogens with one attached hydrogen (secondary N) is 3. The Bertz CT molecular complexity index is 3140. The normalized spacial score (nSPS) is 51.1. The first-order valence-corrected chi connectivity index (χ1v) is 37.9. The van der Waals surface area contributed by atoms with Gasteiger partial charge in [-0.2, -0.15) is 0 Å². The summed E-state index contributed by atoms with van der Waals surface area (Å²) in [5.41, 5.74) is 0. The number of aliphatic hydroxyl groups is 27. The van der Waals surface area contributed by atoms with Gasteiger partial charge in [0, 0.05) is 20.8 Å². The summed E-state index contributed by atoms with van der Waals surface area (Å²) in [7, 11) is 0. The molecule has 30 N–H and O–H groups in total. The highest BCUT2D eigenvalue weighted by molar-refractivity contribution is 5.74. The number of carbonyl (C=O) groups excluding carboxylic acids is 3. The van der Waals surface area contributed by atoms with Crippen molar-refractivity contribution in [3.05, 3.63) is 0 Å². The van der Waals surface area contributed by atoms with E-state index >= 15 is 0 Å². The summed E-state index contributed by atoms with van der Waals surface area (Å²) in [6, 6.07) is -5.94. The van der Waals surface area contributed by atoms with Crippen molar-refractivity contribution >= 4 is 17.7 Å². The standard InChI is InChI=1S/C66H111N3O49/c1-14-30(80)37(87)43(93)61(101-14)115-53-28(68-17(4)78)58(108-24(11-75)50(53)113-65-47(97)55(35(85)22(9-73)107-65)117-59-27(67-16(3)77)52(34(84)21(8-72)104-59)114-64-46(96)40(90)33(83)20(7-71)106-64)100-13-26-36(86)56(48(98)66(110-26)111-49-23(10-74)103-57(99)42(92)41(49)91)118-60-29(69-18(5)79)54(116-62-44(94)38(88)31(81)15(2)102-62)51(25(12-76)109-60)112-63-45(95)39(89)32(82)19(6-70)105-63/h14-15,19-66,70-76,80-99H,6-13H2,1-5H3,(H,67,77)(H,68,78)(H,69,79)/t14-,15-,19+,20+,21+,22+,23+,24+,25+,26+,27+,28+,29+,30+,31+,32-,33-,34+,35-,36-,37+,38+,39-,40-,41+,42+,43-,44-,45+,46+,47+,48+,49+,50+,51+,52+,53+,54+,55-,56-,57?,58+,59-,60-,61-,62-,63-,64-,65?,66-/m0/s1. The number of hydrogen-bond acceptors (Lipinski definition) is 49. The van der Waals surface area contributed by atoms with Gasteiger partial charge in [-0.25, -0.2) is 0 Å². The summed E-state index contributed by atoms with van der Waals surface area (Å²) in [6.45, 7) is -3.79. The molecular formula is C66H111N3O49. The summed E-state index contributed by atoms with van der Waals surface area (Å²) >= 11 is 0. The number of rotatable bonds is 29. The van der Waals surface area contributed by atoms with Gasteiger partial charge in [-0.1, -0.05) is 0 Å². The minimum Gasteiger partial charge on any atom is -0.394 e. The third kappa shape index (κ3) is 20.8. The van der Waals surface area contributed by atoms with E-state index in [9.17, 15) is 152 Å². The Hall–Kier alpha value is -3.43. The Kier molecular flexibility index (Phi) is 34.3. The molecule has 0 spiro atoms. The number of ether oxygens (including phenoxy) is 19. The molecule has 0 aliphatic carbocycles. The van der Waals surface area contributed by atoms with Gasteiger partial charge in [-0.15, -0.1) is 0 Å². The monoisotopic (exact) mass is 1730 g/mol. The molecule has 10 rings (SSSR count). The predicted octanol–water partition coefficient (Wildman–Crippen LogP) is -20.3.